The second-order valence-corrected chi connectivity index (χ2v) is 4.29. The minimum absolute atomic E-state index is 0.146. The van der Waals surface area contributed by atoms with Crippen LogP contribution in [0.4, 0.5) is 5.82 Å². The molecule has 8 heteroatoms. The van der Waals surface area contributed by atoms with Crippen molar-refractivity contribution in [3.05, 3.63) is 46.9 Å². The molecule has 108 valence electrons. The number of carbonyl (C=O) groups excluding carboxylic acids is 1. The predicted molar refractivity (Wildman–Crippen MR) is 74.9 cm³/mol. The molecule has 0 aliphatic heterocycles. The van der Waals surface area contributed by atoms with Gasteiger partial charge in [-0.3, -0.25) is 4.79 Å². The van der Waals surface area contributed by atoms with Crippen molar-refractivity contribution in [2.45, 2.75) is 0 Å². The van der Waals surface area contributed by atoms with Crippen LogP contribution in [0.5, 0.6) is 5.75 Å². The van der Waals surface area contributed by atoms with Crippen molar-refractivity contribution in [2.24, 2.45) is 0 Å². The number of methoxy groups -OCH3 is 1. The zero-order valence-electron chi connectivity index (χ0n) is 10.8. The Morgan fingerprint density at radius 3 is 2.67 bits per heavy atom. The molecule has 0 unspecified atom stereocenters. The van der Waals surface area contributed by atoms with Gasteiger partial charge in [0, 0.05) is 17.4 Å². The number of hydrogen-bond acceptors (Lipinski definition) is 5. The molecule has 0 saturated heterocycles. The molecule has 1 aromatic heterocycles. The largest absolute Gasteiger partial charge is 0.496 e. The van der Waals surface area contributed by atoms with E-state index in [0.717, 1.165) is 0 Å². The van der Waals surface area contributed by atoms with Crippen LogP contribution in [-0.4, -0.2) is 34.1 Å². The maximum absolute atomic E-state index is 12.2. The Kier molecular flexibility index (Phi) is 4.34. The number of halogens is 1. The lowest BCUT2D eigenvalue weighted by Crippen LogP contribution is -2.17. The highest BCUT2D eigenvalue weighted by Crippen LogP contribution is 2.24. The second-order valence-electron chi connectivity index (χ2n) is 3.86. The van der Waals surface area contributed by atoms with Crippen LogP contribution in [0.25, 0.3) is 0 Å². The molecule has 0 bridgehead atoms. The van der Waals surface area contributed by atoms with Gasteiger partial charge in [-0.2, -0.15) is 0 Å². The number of ether oxygens (including phenoxy) is 1. The smallest absolute Gasteiger partial charge is 0.358 e. The SMILES string of the molecule is COc1cc(Cl)ccc1C(=O)Nc1nccnc1C(=O)O. The van der Waals surface area contributed by atoms with Gasteiger partial charge in [-0.05, 0) is 18.2 Å². The summed E-state index contributed by atoms with van der Waals surface area (Å²) < 4.78 is 5.07. The van der Waals surface area contributed by atoms with Gasteiger partial charge in [0.05, 0.1) is 12.7 Å². The van der Waals surface area contributed by atoms with E-state index in [1.807, 2.05) is 0 Å². The van der Waals surface area contributed by atoms with Gasteiger partial charge >= 0.3 is 5.97 Å². The Bertz CT molecular complexity index is 706. The van der Waals surface area contributed by atoms with Crippen molar-refractivity contribution in [3.63, 3.8) is 0 Å². The molecule has 2 aromatic rings. The third kappa shape index (κ3) is 3.26. The number of carboxylic acid groups (broad SMARTS) is 1. The average molecular weight is 308 g/mol. The Morgan fingerprint density at radius 2 is 2.00 bits per heavy atom. The zero-order valence-corrected chi connectivity index (χ0v) is 11.6. The van der Waals surface area contributed by atoms with E-state index in [4.69, 9.17) is 21.4 Å². The maximum atomic E-state index is 12.2. The number of carboxylic acids is 1. The van der Waals surface area contributed by atoms with Crippen molar-refractivity contribution in [1.82, 2.24) is 9.97 Å². The zero-order chi connectivity index (χ0) is 15.4. The quantitative estimate of drug-likeness (QED) is 0.896. The van der Waals surface area contributed by atoms with E-state index in [0.29, 0.717) is 5.02 Å². The Labute approximate surface area is 124 Å². The standard InChI is InChI=1S/C13H10ClN3O4/c1-21-9-6-7(14)2-3-8(9)12(18)17-11-10(13(19)20)15-4-5-16-11/h2-6H,1H3,(H,19,20)(H,16,17,18). The lowest BCUT2D eigenvalue weighted by Gasteiger charge is -2.10. The van der Waals surface area contributed by atoms with Gasteiger partial charge in [0.2, 0.25) is 0 Å². The van der Waals surface area contributed by atoms with Gasteiger partial charge in [-0.25, -0.2) is 14.8 Å². The van der Waals surface area contributed by atoms with Crippen molar-refractivity contribution >= 4 is 29.3 Å². The van der Waals surface area contributed by atoms with Crippen LogP contribution in [0.15, 0.2) is 30.6 Å². The van der Waals surface area contributed by atoms with Gasteiger partial charge < -0.3 is 15.2 Å². The normalized spacial score (nSPS) is 10.0. The molecule has 1 amide bonds. The molecule has 1 heterocycles. The number of benzene rings is 1. The number of aromatic carboxylic acids is 1. The molecule has 0 fully saturated rings. The first-order valence-corrected chi connectivity index (χ1v) is 6.10. The summed E-state index contributed by atoms with van der Waals surface area (Å²) in [6.45, 7) is 0. The highest BCUT2D eigenvalue weighted by molar-refractivity contribution is 6.31. The molecule has 0 saturated carbocycles. The average Bonchev–Trinajstić information content (AvgIpc) is 2.47. The summed E-state index contributed by atoms with van der Waals surface area (Å²) in [5.41, 5.74) is -0.150. The van der Waals surface area contributed by atoms with E-state index < -0.39 is 11.9 Å². The summed E-state index contributed by atoms with van der Waals surface area (Å²) in [4.78, 5) is 30.6. The van der Waals surface area contributed by atoms with E-state index in [1.54, 1.807) is 0 Å². The van der Waals surface area contributed by atoms with Gasteiger partial charge in [0.1, 0.15) is 5.75 Å². The molecule has 0 aliphatic carbocycles. The molecule has 2 rings (SSSR count). The Hall–Kier alpha value is -2.67. The predicted octanol–water partition coefficient (Wildman–Crippen LogP) is 2.09. The lowest BCUT2D eigenvalue weighted by atomic mass is 10.2. The fourth-order valence-electron chi connectivity index (χ4n) is 1.61. The van der Waals surface area contributed by atoms with Crippen LogP contribution in [0.3, 0.4) is 0 Å². The number of amides is 1. The molecule has 0 radical (unpaired) electrons. The summed E-state index contributed by atoms with van der Waals surface area (Å²) in [6, 6.07) is 4.46. The van der Waals surface area contributed by atoms with Crippen LogP contribution < -0.4 is 10.1 Å². The lowest BCUT2D eigenvalue weighted by molar-refractivity contribution is 0.0691. The molecular weight excluding hydrogens is 298 g/mol. The maximum Gasteiger partial charge on any atom is 0.358 e. The number of hydrogen-bond donors (Lipinski definition) is 2. The summed E-state index contributed by atoms with van der Waals surface area (Å²) in [7, 11) is 1.40. The number of anilines is 1. The van der Waals surface area contributed by atoms with Crippen LogP contribution in [0, 0.1) is 0 Å². The fourth-order valence-corrected chi connectivity index (χ4v) is 1.78. The summed E-state index contributed by atoms with van der Waals surface area (Å²) in [5.74, 6) is -1.75. The van der Waals surface area contributed by atoms with Gasteiger partial charge in [0.25, 0.3) is 5.91 Å². The molecule has 7 nitrogen and oxygen atoms in total. The summed E-state index contributed by atoms with van der Waals surface area (Å²) >= 11 is 5.82. The minimum Gasteiger partial charge on any atom is -0.496 e. The highest BCUT2D eigenvalue weighted by atomic mass is 35.5. The van der Waals surface area contributed by atoms with Gasteiger partial charge in [0.15, 0.2) is 11.5 Å². The van der Waals surface area contributed by atoms with Gasteiger partial charge in [-0.1, -0.05) is 11.6 Å². The van der Waals surface area contributed by atoms with Crippen molar-refractivity contribution < 1.29 is 19.4 Å². The molecule has 2 N–H and O–H groups in total. The van der Waals surface area contributed by atoms with Crippen molar-refractivity contribution in [1.29, 1.82) is 0 Å². The minimum atomic E-state index is -1.29. The van der Waals surface area contributed by atoms with Crippen LogP contribution in [0.2, 0.25) is 5.02 Å². The van der Waals surface area contributed by atoms with Crippen molar-refractivity contribution in [2.75, 3.05) is 12.4 Å². The second kappa shape index (κ2) is 6.19. The summed E-state index contributed by atoms with van der Waals surface area (Å²) in [6.07, 6.45) is 2.50. The monoisotopic (exact) mass is 307 g/mol. The molecule has 0 atom stereocenters. The fraction of sp³-hybridized carbons (Fsp3) is 0.0769. The molecule has 0 aliphatic rings. The third-order valence-electron chi connectivity index (χ3n) is 2.54. The topological polar surface area (TPSA) is 101 Å². The van der Waals surface area contributed by atoms with Crippen molar-refractivity contribution in [3.8, 4) is 5.75 Å². The first-order chi connectivity index (χ1) is 10.0. The van der Waals surface area contributed by atoms with Crippen LogP contribution >= 0.6 is 11.6 Å². The van der Waals surface area contributed by atoms with E-state index in [9.17, 15) is 9.59 Å². The first-order valence-electron chi connectivity index (χ1n) is 5.72. The molecule has 1 aromatic carbocycles. The first kappa shape index (κ1) is 14.7. The number of aromatic nitrogens is 2. The molecular formula is C13H10ClN3O4. The van der Waals surface area contributed by atoms with Gasteiger partial charge in [-0.15, -0.1) is 0 Å². The third-order valence-corrected chi connectivity index (χ3v) is 2.78. The van der Waals surface area contributed by atoms with E-state index in [1.165, 1.54) is 37.7 Å². The highest BCUT2D eigenvalue weighted by Gasteiger charge is 2.18. The summed E-state index contributed by atoms with van der Waals surface area (Å²) in [5, 5.41) is 11.8. The Balaban J connectivity index is 2.33. The molecule has 21 heavy (non-hydrogen) atoms. The van der Waals surface area contributed by atoms with E-state index in [-0.39, 0.29) is 22.8 Å². The number of carbonyl (C=O) groups is 2. The van der Waals surface area contributed by atoms with E-state index in [2.05, 4.69) is 15.3 Å². The van der Waals surface area contributed by atoms with Crippen LogP contribution in [-0.2, 0) is 0 Å². The van der Waals surface area contributed by atoms with Crippen LogP contribution in [0.1, 0.15) is 20.8 Å². The molecule has 0 spiro atoms. The Morgan fingerprint density at radius 1 is 1.29 bits per heavy atom. The number of nitrogens with one attached hydrogen (secondary N) is 1. The van der Waals surface area contributed by atoms with E-state index >= 15 is 0 Å². The number of nitrogens with zero attached hydrogens (tertiary/aromatic N) is 2. The number of rotatable bonds is 4.